The summed E-state index contributed by atoms with van der Waals surface area (Å²) >= 11 is 0. The number of aromatic nitrogens is 4. The Morgan fingerprint density at radius 3 is 2.61 bits per heavy atom. The van der Waals surface area contributed by atoms with Crippen LogP contribution in [0, 0.1) is 0 Å². The summed E-state index contributed by atoms with van der Waals surface area (Å²) in [6.45, 7) is 0.337. The quantitative estimate of drug-likeness (QED) is 0.437. The van der Waals surface area contributed by atoms with Crippen molar-refractivity contribution in [3.05, 3.63) is 83.6 Å². The molecule has 9 heteroatoms. The summed E-state index contributed by atoms with van der Waals surface area (Å²) in [4.78, 5) is 28.6. The molecule has 0 fully saturated rings. The van der Waals surface area contributed by atoms with E-state index in [9.17, 15) is 9.59 Å². The molecule has 0 aliphatic carbocycles. The van der Waals surface area contributed by atoms with Crippen LogP contribution in [0.2, 0.25) is 0 Å². The summed E-state index contributed by atoms with van der Waals surface area (Å²) in [5.41, 5.74) is 1.71. The molecule has 9 nitrogen and oxygen atoms in total. The van der Waals surface area contributed by atoms with E-state index in [-0.39, 0.29) is 31.2 Å². The highest BCUT2D eigenvalue weighted by molar-refractivity contribution is 5.75. The Balaban J connectivity index is 1.24. The molecule has 4 aromatic rings. The third-order valence-electron chi connectivity index (χ3n) is 4.35. The van der Waals surface area contributed by atoms with Crippen LogP contribution in [-0.4, -0.2) is 38.8 Å². The van der Waals surface area contributed by atoms with Crippen molar-refractivity contribution in [2.45, 2.75) is 6.54 Å². The smallest absolute Gasteiger partial charge is 0.254 e. The van der Waals surface area contributed by atoms with Crippen molar-refractivity contribution < 1.29 is 13.9 Å². The molecule has 0 bridgehead atoms. The molecule has 0 aliphatic heterocycles. The lowest BCUT2D eigenvalue weighted by atomic mass is 10.1. The number of hydrogen-bond donors (Lipinski definition) is 1. The zero-order chi connectivity index (χ0) is 21.5. The molecule has 3 heterocycles. The third-order valence-corrected chi connectivity index (χ3v) is 4.35. The Morgan fingerprint density at radius 1 is 1.03 bits per heavy atom. The summed E-state index contributed by atoms with van der Waals surface area (Å²) in [5, 5.41) is 10.7. The number of furan rings is 1. The van der Waals surface area contributed by atoms with Crippen molar-refractivity contribution in [2.75, 3.05) is 13.2 Å². The minimum absolute atomic E-state index is 0.126. The van der Waals surface area contributed by atoms with Gasteiger partial charge in [-0.3, -0.25) is 14.2 Å². The van der Waals surface area contributed by atoms with Crippen LogP contribution in [0.1, 0.15) is 0 Å². The fourth-order valence-electron chi connectivity index (χ4n) is 2.82. The van der Waals surface area contributed by atoms with Gasteiger partial charge >= 0.3 is 0 Å². The Hall–Kier alpha value is -4.27. The van der Waals surface area contributed by atoms with E-state index in [1.54, 1.807) is 30.5 Å². The van der Waals surface area contributed by atoms with Gasteiger partial charge in [0.2, 0.25) is 11.8 Å². The van der Waals surface area contributed by atoms with E-state index in [0.29, 0.717) is 23.0 Å². The average molecular weight is 417 g/mol. The predicted octanol–water partition coefficient (Wildman–Crippen LogP) is 2.16. The van der Waals surface area contributed by atoms with Gasteiger partial charge in [0.05, 0.1) is 24.8 Å². The first kappa shape index (κ1) is 20.0. The Bertz CT molecular complexity index is 1190. The van der Waals surface area contributed by atoms with Crippen LogP contribution in [0.5, 0.6) is 5.88 Å². The lowest BCUT2D eigenvalue weighted by Crippen LogP contribution is -2.34. The number of amides is 1. The molecule has 0 spiro atoms. The molecule has 0 aliphatic rings. The van der Waals surface area contributed by atoms with Crippen LogP contribution < -0.4 is 15.6 Å². The van der Waals surface area contributed by atoms with Crippen molar-refractivity contribution in [3.63, 3.8) is 0 Å². The van der Waals surface area contributed by atoms with E-state index in [1.165, 1.54) is 17.0 Å². The fraction of sp³-hybridized carbons (Fsp3) is 0.136. The normalized spacial score (nSPS) is 10.6. The first-order chi connectivity index (χ1) is 15.2. The second-order valence-electron chi connectivity index (χ2n) is 6.54. The van der Waals surface area contributed by atoms with E-state index in [0.717, 1.165) is 5.56 Å². The topological polar surface area (TPSA) is 112 Å². The van der Waals surface area contributed by atoms with Crippen LogP contribution >= 0.6 is 0 Å². The van der Waals surface area contributed by atoms with Crippen molar-refractivity contribution >= 4 is 5.91 Å². The molecule has 0 unspecified atom stereocenters. The SMILES string of the molecule is O=C(Cn1cnc(-c2ccccc2)cc1=O)NCCOc1ccc(-c2ccco2)nn1. The van der Waals surface area contributed by atoms with Crippen molar-refractivity contribution in [3.8, 4) is 28.6 Å². The van der Waals surface area contributed by atoms with Gasteiger partial charge in [0.15, 0.2) is 5.76 Å². The predicted molar refractivity (Wildman–Crippen MR) is 112 cm³/mol. The zero-order valence-corrected chi connectivity index (χ0v) is 16.5. The highest BCUT2D eigenvalue weighted by Crippen LogP contribution is 2.17. The maximum Gasteiger partial charge on any atom is 0.254 e. The molecule has 0 radical (unpaired) electrons. The molecule has 1 N–H and O–H groups in total. The number of carbonyl (C=O) groups is 1. The third kappa shape index (κ3) is 5.21. The zero-order valence-electron chi connectivity index (χ0n) is 16.5. The average Bonchev–Trinajstić information content (AvgIpc) is 3.34. The molecule has 0 saturated carbocycles. The summed E-state index contributed by atoms with van der Waals surface area (Å²) in [6.07, 6.45) is 2.93. The first-order valence-electron chi connectivity index (χ1n) is 9.58. The number of benzene rings is 1. The number of nitrogens with zero attached hydrogens (tertiary/aromatic N) is 4. The van der Waals surface area contributed by atoms with Crippen LogP contribution in [-0.2, 0) is 11.3 Å². The second kappa shape index (κ2) is 9.49. The molecule has 156 valence electrons. The van der Waals surface area contributed by atoms with Gasteiger partial charge in [-0.25, -0.2) is 4.98 Å². The van der Waals surface area contributed by atoms with Gasteiger partial charge in [0, 0.05) is 17.7 Å². The van der Waals surface area contributed by atoms with Gasteiger partial charge in [0.1, 0.15) is 18.8 Å². The van der Waals surface area contributed by atoms with E-state index in [1.807, 2.05) is 30.3 Å². The Labute approximate surface area is 177 Å². The minimum Gasteiger partial charge on any atom is -0.475 e. The summed E-state index contributed by atoms with van der Waals surface area (Å²) in [7, 11) is 0. The van der Waals surface area contributed by atoms with Gasteiger partial charge in [-0.1, -0.05) is 30.3 Å². The van der Waals surface area contributed by atoms with Crippen molar-refractivity contribution in [1.82, 2.24) is 25.1 Å². The maximum absolute atomic E-state index is 12.3. The molecular formula is C22H19N5O4. The Morgan fingerprint density at radius 2 is 1.90 bits per heavy atom. The highest BCUT2D eigenvalue weighted by atomic mass is 16.5. The van der Waals surface area contributed by atoms with E-state index < -0.39 is 0 Å². The van der Waals surface area contributed by atoms with Crippen LogP contribution in [0.15, 0.2) is 82.5 Å². The van der Waals surface area contributed by atoms with Crippen LogP contribution in [0.4, 0.5) is 0 Å². The largest absolute Gasteiger partial charge is 0.475 e. The highest BCUT2D eigenvalue weighted by Gasteiger charge is 2.08. The molecule has 0 atom stereocenters. The number of carbonyl (C=O) groups excluding carboxylic acids is 1. The van der Waals surface area contributed by atoms with E-state index in [4.69, 9.17) is 9.15 Å². The molecule has 3 aromatic heterocycles. The first-order valence-corrected chi connectivity index (χ1v) is 9.58. The number of ether oxygens (including phenoxy) is 1. The minimum atomic E-state index is -0.320. The van der Waals surface area contributed by atoms with Crippen LogP contribution in [0.25, 0.3) is 22.7 Å². The van der Waals surface area contributed by atoms with Crippen molar-refractivity contribution in [1.29, 1.82) is 0 Å². The van der Waals surface area contributed by atoms with Crippen molar-refractivity contribution in [2.24, 2.45) is 0 Å². The number of nitrogens with one attached hydrogen (secondary N) is 1. The molecule has 4 rings (SSSR count). The number of rotatable bonds is 8. The van der Waals surface area contributed by atoms with Gasteiger partial charge < -0.3 is 14.5 Å². The lowest BCUT2D eigenvalue weighted by molar-refractivity contribution is -0.121. The van der Waals surface area contributed by atoms with Gasteiger partial charge in [-0.2, -0.15) is 0 Å². The monoisotopic (exact) mass is 417 g/mol. The van der Waals surface area contributed by atoms with Gasteiger partial charge in [-0.05, 0) is 18.2 Å². The fourth-order valence-corrected chi connectivity index (χ4v) is 2.82. The molecule has 1 aromatic carbocycles. The van der Waals surface area contributed by atoms with E-state index in [2.05, 4.69) is 20.5 Å². The van der Waals surface area contributed by atoms with Gasteiger partial charge in [-0.15, -0.1) is 10.2 Å². The second-order valence-corrected chi connectivity index (χ2v) is 6.54. The molecule has 31 heavy (non-hydrogen) atoms. The lowest BCUT2D eigenvalue weighted by Gasteiger charge is -2.09. The molecule has 1 amide bonds. The summed E-state index contributed by atoms with van der Waals surface area (Å²) < 4.78 is 12.0. The summed E-state index contributed by atoms with van der Waals surface area (Å²) in [5.74, 6) is 0.633. The summed E-state index contributed by atoms with van der Waals surface area (Å²) in [6, 6.07) is 17.8. The molecular weight excluding hydrogens is 398 g/mol. The Kier molecular flexibility index (Phi) is 6.13. The van der Waals surface area contributed by atoms with Gasteiger partial charge in [0.25, 0.3) is 5.56 Å². The standard InChI is InChI=1S/C22H19N5O4/c28-20(14-27-15-24-18(13-22(27)29)16-5-2-1-3-6-16)23-10-12-31-21-9-8-17(25-26-21)19-7-4-11-30-19/h1-9,11,13,15H,10,12,14H2,(H,23,28). The van der Waals surface area contributed by atoms with Crippen LogP contribution in [0.3, 0.4) is 0 Å². The van der Waals surface area contributed by atoms with E-state index >= 15 is 0 Å². The number of hydrogen-bond acceptors (Lipinski definition) is 7. The maximum atomic E-state index is 12.3. The molecule has 0 saturated heterocycles.